The summed E-state index contributed by atoms with van der Waals surface area (Å²) >= 11 is 0. The van der Waals surface area contributed by atoms with Crippen molar-refractivity contribution in [1.29, 1.82) is 5.26 Å². The number of nitrogens with zero attached hydrogens (tertiary/aromatic N) is 3. The Balaban J connectivity index is 2.09. The van der Waals surface area contributed by atoms with Gasteiger partial charge >= 0.3 is 0 Å². The molecule has 0 aliphatic heterocycles. The molecule has 0 spiro atoms. The van der Waals surface area contributed by atoms with E-state index < -0.39 is 10.0 Å². The van der Waals surface area contributed by atoms with Crippen LogP contribution in [0.4, 0.5) is 5.69 Å². The summed E-state index contributed by atoms with van der Waals surface area (Å²) < 4.78 is 32.0. The van der Waals surface area contributed by atoms with Gasteiger partial charge in [-0.05, 0) is 38.1 Å². The number of anilines is 1. The predicted molar refractivity (Wildman–Crippen MR) is 90.3 cm³/mol. The zero-order valence-electron chi connectivity index (χ0n) is 14.1. The Morgan fingerprint density at radius 2 is 1.96 bits per heavy atom. The molecular formula is C16H18N4O4S. The van der Waals surface area contributed by atoms with Gasteiger partial charge in [-0.25, -0.2) is 13.1 Å². The number of hydrogen-bond acceptors (Lipinski definition) is 6. The maximum Gasteiger partial charge on any atom is 0.246 e. The number of benzene rings is 1. The first-order valence-electron chi connectivity index (χ1n) is 7.47. The monoisotopic (exact) mass is 362 g/mol. The average Bonchev–Trinajstić information content (AvgIpc) is 2.91. The maximum atomic E-state index is 12.4. The second-order valence-electron chi connectivity index (χ2n) is 5.38. The number of aryl methyl sites for hydroxylation is 2. The molecular weight excluding hydrogens is 344 g/mol. The van der Waals surface area contributed by atoms with E-state index in [9.17, 15) is 13.2 Å². The van der Waals surface area contributed by atoms with Crippen LogP contribution in [0.15, 0.2) is 33.7 Å². The summed E-state index contributed by atoms with van der Waals surface area (Å²) in [5.41, 5.74) is 1.34. The molecule has 9 heteroatoms. The largest absolute Gasteiger partial charge is 0.360 e. The number of carbonyl (C=O) groups is 1. The molecule has 0 fully saturated rings. The number of rotatable bonds is 6. The Bertz CT molecular complexity index is 891. The lowest BCUT2D eigenvalue weighted by atomic mass is 10.2. The van der Waals surface area contributed by atoms with E-state index in [1.807, 2.05) is 6.07 Å². The summed E-state index contributed by atoms with van der Waals surface area (Å²) in [6.45, 7) is 4.62. The molecule has 1 heterocycles. The van der Waals surface area contributed by atoms with Crippen LogP contribution in [0.3, 0.4) is 0 Å². The highest BCUT2D eigenvalue weighted by molar-refractivity contribution is 7.89. The molecule has 0 bridgehead atoms. The molecule has 0 aliphatic carbocycles. The molecule has 0 unspecified atom stereocenters. The molecule has 2 aromatic rings. The molecule has 2 rings (SSSR count). The van der Waals surface area contributed by atoms with E-state index in [0.29, 0.717) is 11.3 Å². The third kappa shape index (κ3) is 4.23. The smallest absolute Gasteiger partial charge is 0.246 e. The minimum atomic E-state index is -3.78. The number of sulfonamides is 1. The zero-order valence-corrected chi connectivity index (χ0v) is 14.9. The van der Waals surface area contributed by atoms with E-state index in [-0.39, 0.29) is 35.3 Å². The number of nitriles is 1. The van der Waals surface area contributed by atoms with Crippen molar-refractivity contribution in [3.8, 4) is 6.07 Å². The van der Waals surface area contributed by atoms with Crippen LogP contribution in [0.5, 0.6) is 0 Å². The lowest BCUT2D eigenvalue weighted by Crippen LogP contribution is -2.37. The third-order valence-corrected chi connectivity index (χ3v) is 5.26. The number of carbonyl (C=O) groups excluding carboxylic acids is 1. The van der Waals surface area contributed by atoms with Crippen molar-refractivity contribution in [3.63, 3.8) is 0 Å². The van der Waals surface area contributed by atoms with E-state index >= 15 is 0 Å². The van der Waals surface area contributed by atoms with E-state index in [1.54, 1.807) is 31.2 Å². The lowest BCUT2D eigenvalue weighted by Gasteiger charge is -2.21. The zero-order chi connectivity index (χ0) is 18.6. The van der Waals surface area contributed by atoms with Crippen LogP contribution < -0.4 is 9.62 Å². The third-order valence-electron chi connectivity index (χ3n) is 3.55. The SMILES string of the molecule is CC(=O)N(CCNS(=O)(=O)c1c(C)noc1C)c1ccc(C#N)cc1. The van der Waals surface area contributed by atoms with Crippen molar-refractivity contribution >= 4 is 21.6 Å². The van der Waals surface area contributed by atoms with Gasteiger partial charge in [0.15, 0.2) is 5.76 Å². The lowest BCUT2D eigenvalue weighted by molar-refractivity contribution is -0.116. The number of hydrogen-bond donors (Lipinski definition) is 1. The predicted octanol–water partition coefficient (Wildman–Crippen LogP) is 1.49. The summed E-state index contributed by atoms with van der Waals surface area (Å²) in [6.07, 6.45) is 0. The van der Waals surface area contributed by atoms with Crippen LogP contribution in [0, 0.1) is 25.2 Å². The second-order valence-corrected chi connectivity index (χ2v) is 7.08. The fraction of sp³-hybridized carbons (Fsp3) is 0.312. The van der Waals surface area contributed by atoms with Crippen LogP contribution in [-0.4, -0.2) is 32.6 Å². The first-order chi connectivity index (χ1) is 11.8. The Labute approximate surface area is 146 Å². The van der Waals surface area contributed by atoms with Gasteiger partial charge in [-0.2, -0.15) is 5.26 Å². The summed E-state index contributed by atoms with van der Waals surface area (Å²) in [5.74, 6) is -0.0261. The molecule has 0 saturated heterocycles. The minimum absolute atomic E-state index is 0.0141. The summed E-state index contributed by atoms with van der Waals surface area (Å²) in [4.78, 5) is 13.3. The van der Waals surface area contributed by atoms with E-state index in [0.717, 1.165) is 0 Å². The van der Waals surface area contributed by atoms with E-state index in [1.165, 1.54) is 18.7 Å². The molecule has 132 valence electrons. The van der Waals surface area contributed by atoms with Gasteiger partial charge in [-0.15, -0.1) is 0 Å². The highest BCUT2D eigenvalue weighted by Gasteiger charge is 2.24. The first kappa shape index (κ1) is 18.6. The van der Waals surface area contributed by atoms with Crippen molar-refractivity contribution < 1.29 is 17.7 Å². The van der Waals surface area contributed by atoms with Crippen LogP contribution in [0.25, 0.3) is 0 Å². The summed E-state index contributed by atoms with van der Waals surface area (Å²) in [6, 6.07) is 8.48. The van der Waals surface area contributed by atoms with Crippen LogP contribution in [-0.2, 0) is 14.8 Å². The van der Waals surface area contributed by atoms with Crippen LogP contribution in [0.1, 0.15) is 23.9 Å². The normalized spacial score (nSPS) is 11.1. The molecule has 0 saturated carbocycles. The van der Waals surface area contributed by atoms with Crippen LogP contribution in [0.2, 0.25) is 0 Å². The molecule has 1 N–H and O–H groups in total. The summed E-state index contributed by atoms with van der Waals surface area (Å²) in [7, 11) is -3.78. The highest BCUT2D eigenvalue weighted by atomic mass is 32.2. The van der Waals surface area contributed by atoms with Crippen molar-refractivity contribution in [1.82, 2.24) is 9.88 Å². The minimum Gasteiger partial charge on any atom is -0.360 e. The number of amides is 1. The average molecular weight is 362 g/mol. The van der Waals surface area contributed by atoms with Gasteiger partial charge in [0.25, 0.3) is 0 Å². The number of nitrogens with one attached hydrogen (secondary N) is 1. The van der Waals surface area contributed by atoms with Gasteiger partial charge < -0.3 is 9.42 Å². The van der Waals surface area contributed by atoms with Gasteiger partial charge in [-0.3, -0.25) is 4.79 Å². The number of aromatic nitrogens is 1. The molecule has 1 aromatic heterocycles. The molecule has 0 aliphatic rings. The molecule has 0 radical (unpaired) electrons. The van der Waals surface area contributed by atoms with Gasteiger partial charge in [0.05, 0.1) is 11.6 Å². The Morgan fingerprint density at radius 3 is 2.44 bits per heavy atom. The Hall–Kier alpha value is -2.70. The quantitative estimate of drug-likeness (QED) is 0.832. The van der Waals surface area contributed by atoms with Crippen molar-refractivity contribution in [2.75, 3.05) is 18.0 Å². The molecule has 25 heavy (non-hydrogen) atoms. The molecule has 1 aromatic carbocycles. The highest BCUT2D eigenvalue weighted by Crippen LogP contribution is 2.19. The van der Waals surface area contributed by atoms with Gasteiger partial charge in [0.2, 0.25) is 15.9 Å². The Kier molecular flexibility index (Phi) is 5.56. The van der Waals surface area contributed by atoms with Gasteiger partial charge in [0.1, 0.15) is 10.6 Å². The molecule has 1 amide bonds. The van der Waals surface area contributed by atoms with Crippen LogP contribution >= 0.6 is 0 Å². The standard InChI is InChI=1S/C16H18N4O4S/c1-11-16(12(2)24-19-11)25(22,23)18-8-9-20(13(3)21)15-6-4-14(10-17)5-7-15/h4-7,18H,8-9H2,1-3H3. The van der Waals surface area contributed by atoms with E-state index in [4.69, 9.17) is 9.78 Å². The fourth-order valence-electron chi connectivity index (χ4n) is 2.41. The van der Waals surface area contributed by atoms with Gasteiger partial charge in [0, 0.05) is 25.7 Å². The topological polar surface area (TPSA) is 116 Å². The second kappa shape index (κ2) is 7.46. The van der Waals surface area contributed by atoms with Crippen molar-refractivity contribution in [2.45, 2.75) is 25.7 Å². The van der Waals surface area contributed by atoms with Crippen molar-refractivity contribution in [2.24, 2.45) is 0 Å². The summed E-state index contributed by atoms with van der Waals surface area (Å²) in [5, 5.41) is 12.5. The molecule has 8 nitrogen and oxygen atoms in total. The first-order valence-corrected chi connectivity index (χ1v) is 8.95. The Morgan fingerprint density at radius 1 is 1.32 bits per heavy atom. The van der Waals surface area contributed by atoms with E-state index in [2.05, 4.69) is 9.88 Å². The fourth-order valence-corrected chi connectivity index (χ4v) is 3.75. The van der Waals surface area contributed by atoms with Crippen molar-refractivity contribution in [3.05, 3.63) is 41.3 Å². The maximum absolute atomic E-state index is 12.4. The van der Waals surface area contributed by atoms with Gasteiger partial charge in [-0.1, -0.05) is 5.16 Å². The molecule has 0 atom stereocenters.